The Balaban J connectivity index is 1.54. The molecule has 0 spiro atoms. The molecule has 1 heterocycles. The van der Waals surface area contributed by atoms with Gasteiger partial charge in [-0.15, -0.1) is 0 Å². The molecule has 2 nitrogen and oxygen atoms in total. The molecule has 2 N–H and O–H groups in total. The monoisotopic (exact) mass is 215 g/mol. The second kappa shape index (κ2) is 5.38. The van der Waals surface area contributed by atoms with E-state index in [1.165, 1.54) is 30.9 Å². The molecule has 2 rings (SSSR count). The normalized spacial score (nSPS) is 37.9. The summed E-state index contributed by atoms with van der Waals surface area (Å²) >= 11 is 2.09. The lowest BCUT2D eigenvalue weighted by Gasteiger charge is -2.13. The van der Waals surface area contributed by atoms with Crippen molar-refractivity contribution in [1.29, 1.82) is 0 Å². The molecule has 0 amide bonds. The number of rotatable bonds is 4. The van der Waals surface area contributed by atoms with Crippen LogP contribution in [0.2, 0.25) is 0 Å². The van der Waals surface area contributed by atoms with Crippen LogP contribution < -0.4 is 5.32 Å². The molecule has 1 saturated carbocycles. The molecule has 2 aliphatic rings. The first-order valence-electron chi connectivity index (χ1n) is 5.81. The third kappa shape index (κ3) is 3.14. The van der Waals surface area contributed by atoms with Gasteiger partial charge in [-0.3, -0.25) is 0 Å². The number of hydrogen-bond donors (Lipinski definition) is 2. The van der Waals surface area contributed by atoms with Crippen molar-refractivity contribution in [2.75, 3.05) is 24.6 Å². The van der Waals surface area contributed by atoms with Crippen molar-refractivity contribution >= 4 is 11.8 Å². The van der Waals surface area contributed by atoms with Crippen molar-refractivity contribution in [3.63, 3.8) is 0 Å². The van der Waals surface area contributed by atoms with Crippen LogP contribution in [0.3, 0.4) is 0 Å². The third-order valence-electron chi connectivity index (χ3n) is 3.40. The van der Waals surface area contributed by atoms with E-state index >= 15 is 0 Å². The standard InChI is InChI=1S/C11H21NOS/c13-11-2-1-9(5-11)6-12-7-10-3-4-14-8-10/h9-13H,1-8H2. The van der Waals surface area contributed by atoms with Gasteiger partial charge in [0.2, 0.25) is 0 Å². The minimum Gasteiger partial charge on any atom is -0.393 e. The van der Waals surface area contributed by atoms with Gasteiger partial charge in [0.25, 0.3) is 0 Å². The quantitative estimate of drug-likeness (QED) is 0.745. The van der Waals surface area contributed by atoms with E-state index in [1.807, 2.05) is 0 Å². The molecular formula is C11H21NOS. The van der Waals surface area contributed by atoms with Crippen LogP contribution in [0.15, 0.2) is 0 Å². The fourth-order valence-corrected chi connectivity index (χ4v) is 3.75. The number of thioether (sulfide) groups is 1. The molecule has 3 heteroatoms. The maximum absolute atomic E-state index is 9.38. The van der Waals surface area contributed by atoms with Crippen molar-refractivity contribution in [3.8, 4) is 0 Å². The molecule has 2 fully saturated rings. The van der Waals surface area contributed by atoms with Crippen LogP contribution >= 0.6 is 11.8 Å². The van der Waals surface area contributed by atoms with Gasteiger partial charge in [0.05, 0.1) is 6.10 Å². The molecule has 0 aromatic carbocycles. The van der Waals surface area contributed by atoms with Crippen molar-refractivity contribution < 1.29 is 5.11 Å². The fraction of sp³-hybridized carbons (Fsp3) is 1.00. The van der Waals surface area contributed by atoms with Gasteiger partial charge in [0, 0.05) is 0 Å². The largest absolute Gasteiger partial charge is 0.393 e. The molecule has 1 aliphatic heterocycles. The molecular weight excluding hydrogens is 194 g/mol. The second-order valence-electron chi connectivity index (χ2n) is 4.72. The topological polar surface area (TPSA) is 32.3 Å². The highest BCUT2D eigenvalue weighted by Gasteiger charge is 2.22. The Hall–Kier alpha value is 0.270. The Kier molecular flexibility index (Phi) is 4.14. The average Bonchev–Trinajstić information content (AvgIpc) is 2.77. The highest BCUT2D eigenvalue weighted by molar-refractivity contribution is 7.99. The van der Waals surface area contributed by atoms with Gasteiger partial charge in [0.1, 0.15) is 0 Å². The molecule has 0 aromatic rings. The molecule has 0 radical (unpaired) electrons. The van der Waals surface area contributed by atoms with Gasteiger partial charge in [-0.25, -0.2) is 0 Å². The molecule has 3 atom stereocenters. The predicted octanol–water partition coefficient (Wildman–Crippen LogP) is 1.49. The molecule has 1 saturated heterocycles. The number of nitrogens with one attached hydrogen (secondary N) is 1. The Bertz CT molecular complexity index is 171. The van der Waals surface area contributed by atoms with E-state index in [-0.39, 0.29) is 6.10 Å². The van der Waals surface area contributed by atoms with E-state index in [4.69, 9.17) is 0 Å². The lowest BCUT2D eigenvalue weighted by atomic mass is 10.1. The minimum atomic E-state index is -0.0103. The first-order chi connectivity index (χ1) is 6.84. The molecule has 3 unspecified atom stereocenters. The zero-order chi connectivity index (χ0) is 9.80. The molecule has 1 aliphatic carbocycles. The minimum absolute atomic E-state index is 0.0103. The predicted molar refractivity (Wildman–Crippen MR) is 61.6 cm³/mol. The lowest BCUT2D eigenvalue weighted by Crippen LogP contribution is -2.27. The van der Waals surface area contributed by atoms with Crippen LogP contribution in [0.5, 0.6) is 0 Å². The first-order valence-corrected chi connectivity index (χ1v) is 6.96. The third-order valence-corrected chi connectivity index (χ3v) is 4.64. The molecule has 0 bridgehead atoms. The van der Waals surface area contributed by atoms with E-state index in [0.717, 1.165) is 31.2 Å². The van der Waals surface area contributed by atoms with Crippen LogP contribution in [0.25, 0.3) is 0 Å². The average molecular weight is 215 g/mol. The van der Waals surface area contributed by atoms with E-state index in [9.17, 15) is 5.11 Å². The molecule has 0 aromatic heterocycles. The Morgan fingerprint density at radius 3 is 2.64 bits per heavy atom. The summed E-state index contributed by atoms with van der Waals surface area (Å²) in [7, 11) is 0. The van der Waals surface area contributed by atoms with Gasteiger partial charge < -0.3 is 10.4 Å². The fourth-order valence-electron chi connectivity index (χ4n) is 2.47. The number of aliphatic hydroxyl groups excluding tert-OH is 1. The van der Waals surface area contributed by atoms with Crippen LogP contribution in [0.4, 0.5) is 0 Å². The maximum Gasteiger partial charge on any atom is 0.0543 e. The molecule has 14 heavy (non-hydrogen) atoms. The van der Waals surface area contributed by atoms with Crippen molar-refractivity contribution in [3.05, 3.63) is 0 Å². The Morgan fingerprint density at radius 2 is 2.00 bits per heavy atom. The lowest BCUT2D eigenvalue weighted by molar-refractivity contribution is 0.177. The van der Waals surface area contributed by atoms with E-state index < -0.39 is 0 Å². The van der Waals surface area contributed by atoms with Crippen molar-refractivity contribution in [2.45, 2.75) is 31.8 Å². The second-order valence-corrected chi connectivity index (χ2v) is 5.87. The summed E-state index contributed by atoms with van der Waals surface area (Å²) in [6, 6.07) is 0. The zero-order valence-electron chi connectivity index (χ0n) is 8.74. The highest BCUT2D eigenvalue weighted by Crippen LogP contribution is 2.25. The van der Waals surface area contributed by atoms with Crippen LogP contribution in [0.1, 0.15) is 25.7 Å². The number of hydrogen-bond acceptors (Lipinski definition) is 3. The smallest absolute Gasteiger partial charge is 0.0543 e. The number of aliphatic hydroxyl groups is 1. The summed E-state index contributed by atoms with van der Waals surface area (Å²) in [5.41, 5.74) is 0. The van der Waals surface area contributed by atoms with E-state index in [0.29, 0.717) is 0 Å². The highest BCUT2D eigenvalue weighted by atomic mass is 32.2. The van der Waals surface area contributed by atoms with Gasteiger partial charge in [-0.2, -0.15) is 11.8 Å². The van der Waals surface area contributed by atoms with Gasteiger partial charge >= 0.3 is 0 Å². The summed E-state index contributed by atoms with van der Waals surface area (Å²) in [4.78, 5) is 0. The van der Waals surface area contributed by atoms with E-state index in [2.05, 4.69) is 17.1 Å². The van der Waals surface area contributed by atoms with Crippen LogP contribution in [0, 0.1) is 11.8 Å². The molecule has 82 valence electrons. The summed E-state index contributed by atoms with van der Waals surface area (Å²) in [6.45, 7) is 2.32. The first kappa shape index (κ1) is 10.8. The van der Waals surface area contributed by atoms with Gasteiger partial charge in [-0.05, 0) is 62.1 Å². The SMILES string of the molecule is OC1CCC(CNCC2CCSC2)C1. The Morgan fingerprint density at radius 1 is 1.14 bits per heavy atom. The van der Waals surface area contributed by atoms with Crippen molar-refractivity contribution in [1.82, 2.24) is 5.32 Å². The Labute approximate surface area is 90.8 Å². The maximum atomic E-state index is 9.38. The van der Waals surface area contributed by atoms with Crippen LogP contribution in [-0.2, 0) is 0 Å². The van der Waals surface area contributed by atoms with Gasteiger partial charge in [-0.1, -0.05) is 0 Å². The van der Waals surface area contributed by atoms with Crippen LogP contribution in [-0.4, -0.2) is 35.8 Å². The van der Waals surface area contributed by atoms with Gasteiger partial charge in [0.15, 0.2) is 0 Å². The summed E-state index contributed by atoms with van der Waals surface area (Å²) in [6.07, 6.45) is 4.64. The zero-order valence-corrected chi connectivity index (χ0v) is 9.56. The summed E-state index contributed by atoms with van der Waals surface area (Å²) in [5.74, 6) is 4.35. The van der Waals surface area contributed by atoms with Crippen molar-refractivity contribution in [2.24, 2.45) is 11.8 Å². The summed E-state index contributed by atoms with van der Waals surface area (Å²) < 4.78 is 0. The summed E-state index contributed by atoms with van der Waals surface area (Å²) in [5, 5.41) is 12.9. The van der Waals surface area contributed by atoms with E-state index in [1.54, 1.807) is 0 Å².